The number of carbonyl (C=O) groups excluding carboxylic acids is 2. The van der Waals surface area contributed by atoms with Gasteiger partial charge in [-0.3, -0.25) is 9.59 Å². The summed E-state index contributed by atoms with van der Waals surface area (Å²) in [5, 5.41) is 2.79. The summed E-state index contributed by atoms with van der Waals surface area (Å²) in [6.07, 6.45) is 0. The summed E-state index contributed by atoms with van der Waals surface area (Å²) >= 11 is 0. The number of carbonyl (C=O) groups is 2. The van der Waals surface area contributed by atoms with Gasteiger partial charge in [-0.2, -0.15) is 0 Å². The van der Waals surface area contributed by atoms with E-state index in [2.05, 4.69) is 5.32 Å². The largest absolute Gasteiger partial charge is 0.352 e. The van der Waals surface area contributed by atoms with Gasteiger partial charge in [0.05, 0.1) is 6.54 Å². The monoisotopic (exact) mass is 262 g/mol. The minimum Gasteiger partial charge on any atom is -0.352 e. The van der Waals surface area contributed by atoms with Crippen molar-refractivity contribution < 1.29 is 9.59 Å². The van der Waals surface area contributed by atoms with Gasteiger partial charge in [-0.1, -0.05) is 17.7 Å². The van der Waals surface area contributed by atoms with E-state index in [1.54, 1.807) is 17.0 Å². The molecule has 0 atom stereocenters. The SMILES string of the molecule is CCN(CC(=O)NC(C)C)C(=O)c1ccc(C)cc1. The summed E-state index contributed by atoms with van der Waals surface area (Å²) in [4.78, 5) is 25.5. The van der Waals surface area contributed by atoms with Crippen molar-refractivity contribution in [1.82, 2.24) is 10.2 Å². The molecule has 0 aliphatic rings. The Morgan fingerprint density at radius 1 is 1.21 bits per heavy atom. The second-order valence-corrected chi connectivity index (χ2v) is 4.91. The zero-order valence-corrected chi connectivity index (χ0v) is 12.1. The summed E-state index contributed by atoms with van der Waals surface area (Å²) in [5.74, 6) is -0.237. The Morgan fingerprint density at radius 3 is 2.26 bits per heavy atom. The third-order valence-corrected chi connectivity index (χ3v) is 2.75. The normalized spacial score (nSPS) is 10.4. The van der Waals surface area contributed by atoms with E-state index in [4.69, 9.17) is 0 Å². The van der Waals surface area contributed by atoms with Crippen molar-refractivity contribution >= 4 is 11.8 Å². The quantitative estimate of drug-likeness (QED) is 0.882. The third-order valence-electron chi connectivity index (χ3n) is 2.75. The number of rotatable bonds is 5. The Hall–Kier alpha value is -1.84. The van der Waals surface area contributed by atoms with Crippen LogP contribution in [0.4, 0.5) is 0 Å². The summed E-state index contributed by atoms with van der Waals surface area (Å²) in [6, 6.07) is 7.46. The molecule has 1 aromatic carbocycles. The number of likely N-dealkylation sites (N-methyl/N-ethyl adjacent to an activating group) is 1. The maximum Gasteiger partial charge on any atom is 0.254 e. The van der Waals surface area contributed by atoms with E-state index in [0.29, 0.717) is 12.1 Å². The van der Waals surface area contributed by atoms with Crippen LogP contribution in [0.3, 0.4) is 0 Å². The minimum atomic E-state index is -0.127. The van der Waals surface area contributed by atoms with E-state index in [1.165, 1.54) is 0 Å². The summed E-state index contributed by atoms with van der Waals surface area (Å²) in [7, 11) is 0. The molecule has 0 saturated heterocycles. The maximum atomic E-state index is 12.3. The van der Waals surface area contributed by atoms with Gasteiger partial charge in [0, 0.05) is 18.2 Å². The lowest BCUT2D eigenvalue weighted by atomic mass is 10.1. The van der Waals surface area contributed by atoms with Gasteiger partial charge in [0.1, 0.15) is 0 Å². The molecular formula is C15H22N2O2. The molecule has 0 spiro atoms. The van der Waals surface area contributed by atoms with Crippen molar-refractivity contribution in [2.24, 2.45) is 0 Å². The molecule has 0 saturated carbocycles. The molecule has 0 aliphatic heterocycles. The average molecular weight is 262 g/mol. The number of hydrogen-bond donors (Lipinski definition) is 1. The van der Waals surface area contributed by atoms with E-state index >= 15 is 0 Å². The van der Waals surface area contributed by atoms with Crippen LogP contribution in [0.5, 0.6) is 0 Å². The molecule has 1 rings (SSSR count). The van der Waals surface area contributed by atoms with Gasteiger partial charge in [0.2, 0.25) is 5.91 Å². The molecule has 104 valence electrons. The molecule has 0 aromatic heterocycles. The fourth-order valence-corrected chi connectivity index (χ4v) is 1.75. The molecule has 19 heavy (non-hydrogen) atoms. The van der Waals surface area contributed by atoms with Gasteiger partial charge in [-0.05, 0) is 39.8 Å². The van der Waals surface area contributed by atoms with E-state index < -0.39 is 0 Å². The first kappa shape index (κ1) is 15.2. The van der Waals surface area contributed by atoms with Crippen LogP contribution < -0.4 is 5.32 Å². The van der Waals surface area contributed by atoms with Crippen molar-refractivity contribution in [1.29, 1.82) is 0 Å². The van der Waals surface area contributed by atoms with Gasteiger partial charge in [0.15, 0.2) is 0 Å². The Bertz CT molecular complexity index is 438. The minimum absolute atomic E-state index is 0.0840. The molecule has 0 heterocycles. The third kappa shape index (κ3) is 4.73. The van der Waals surface area contributed by atoms with Crippen molar-refractivity contribution in [3.63, 3.8) is 0 Å². The van der Waals surface area contributed by atoms with Crippen LogP contribution in [0.2, 0.25) is 0 Å². The number of benzene rings is 1. The molecule has 0 fully saturated rings. The fourth-order valence-electron chi connectivity index (χ4n) is 1.75. The van der Waals surface area contributed by atoms with Crippen LogP contribution >= 0.6 is 0 Å². The first-order chi connectivity index (χ1) is 8.93. The lowest BCUT2D eigenvalue weighted by Crippen LogP contribution is -2.42. The highest BCUT2D eigenvalue weighted by Crippen LogP contribution is 2.07. The van der Waals surface area contributed by atoms with Crippen LogP contribution in [0.25, 0.3) is 0 Å². The molecule has 4 heteroatoms. The van der Waals surface area contributed by atoms with E-state index in [0.717, 1.165) is 5.56 Å². The Kier molecular flexibility index (Phi) is 5.55. The van der Waals surface area contributed by atoms with Crippen LogP contribution in [-0.2, 0) is 4.79 Å². The van der Waals surface area contributed by atoms with Gasteiger partial charge >= 0.3 is 0 Å². The van der Waals surface area contributed by atoms with Crippen LogP contribution in [0.15, 0.2) is 24.3 Å². The van der Waals surface area contributed by atoms with E-state index in [-0.39, 0.29) is 24.4 Å². The molecular weight excluding hydrogens is 240 g/mol. The Morgan fingerprint density at radius 2 is 1.79 bits per heavy atom. The smallest absolute Gasteiger partial charge is 0.254 e. The zero-order chi connectivity index (χ0) is 14.4. The van der Waals surface area contributed by atoms with Gasteiger partial charge in [-0.15, -0.1) is 0 Å². The molecule has 0 aliphatic carbocycles. The lowest BCUT2D eigenvalue weighted by Gasteiger charge is -2.21. The average Bonchev–Trinajstić information content (AvgIpc) is 2.35. The molecule has 0 radical (unpaired) electrons. The first-order valence-corrected chi connectivity index (χ1v) is 6.59. The maximum absolute atomic E-state index is 12.3. The molecule has 1 N–H and O–H groups in total. The van der Waals surface area contributed by atoms with Crippen molar-refractivity contribution in [3.8, 4) is 0 Å². The second kappa shape index (κ2) is 6.92. The Balaban J connectivity index is 2.71. The number of amides is 2. The topological polar surface area (TPSA) is 49.4 Å². The Labute approximate surface area is 114 Å². The highest BCUT2D eigenvalue weighted by atomic mass is 16.2. The van der Waals surface area contributed by atoms with Crippen LogP contribution in [0.1, 0.15) is 36.7 Å². The number of nitrogens with zero attached hydrogens (tertiary/aromatic N) is 1. The van der Waals surface area contributed by atoms with Crippen molar-refractivity contribution in [2.75, 3.05) is 13.1 Å². The zero-order valence-electron chi connectivity index (χ0n) is 12.1. The van der Waals surface area contributed by atoms with E-state index in [9.17, 15) is 9.59 Å². The molecule has 1 aromatic rings. The van der Waals surface area contributed by atoms with Gasteiger partial charge in [0.25, 0.3) is 5.91 Å². The van der Waals surface area contributed by atoms with Crippen LogP contribution in [-0.4, -0.2) is 35.8 Å². The summed E-state index contributed by atoms with van der Waals surface area (Å²) in [5.41, 5.74) is 1.72. The molecule has 2 amide bonds. The highest BCUT2D eigenvalue weighted by Gasteiger charge is 2.17. The van der Waals surface area contributed by atoms with Crippen molar-refractivity contribution in [2.45, 2.75) is 33.7 Å². The standard InChI is InChI=1S/C15H22N2O2/c1-5-17(10-14(18)16-11(2)3)15(19)13-8-6-12(4)7-9-13/h6-9,11H,5,10H2,1-4H3,(H,16,18). The van der Waals surface area contributed by atoms with Crippen molar-refractivity contribution in [3.05, 3.63) is 35.4 Å². The molecule has 4 nitrogen and oxygen atoms in total. The number of hydrogen-bond acceptors (Lipinski definition) is 2. The van der Waals surface area contributed by atoms with Gasteiger partial charge < -0.3 is 10.2 Å². The molecule has 0 bridgehead atoms. The highest BCUT2D eigenvalue weighted by molar-refractivity contribution is 5.96. The summed E-state index contributed by atoms with van der Waals surface area (Å²) in [6.45, 7) is 8.25. The molecule has 0 unspecified atom stereocenters. The summed E-state index contributed by atoms with van der Waals surface area (Å²) < 4.78 is 0. The van der Waals surface area contributed by atoms with E-state index in [1.807, 2.05) is 39.8 Å². The first-order valence-electron chi connectivity index (χ1n) is 6.59. The lowest BCUT2D eigenvalue weighted by molar-refractivity contribution is -0.122. The second-order valence-electron chi connectivity index (χ2n) is 4.91. The predicted molar refractivity (Wildman–Crippen MR) is 76.0 cm³/mol. The number of nitrogens with one attached hydrogen (secondary N) is 1. The fraction of sp³-hybridized carbons (Fsp3) is 0.467. The predicted octanol–water partition coefficient (Wildman–Crippen LogP) is 1.98. The number of aryl methyl sites for hydroxylation is 1. The van der Waals surface area contributed by atoms with Crippen LogP contribution in [0, 0.1) is 6.92 Å². The van der Waals surface area contributed by atoms with Gasteiger partial charge in [-0.25, -0.2) is 0 Å².